The van der Waals surface area contributed by atoms with E-state index in [1.165, 1.54) is 0 Å². The molecule has 1 aliphatic rings. The highest BCUT2D eigenvalue weighted by Gasteiger charge is 2.31. The van der Waals surface area contributed by atoms with E-state index in [1.807, 2.05) is 0 Å². The van der Waals surface area contributed by atoms with Gasteiger partial charge in [-0.25, -0.2) is 14.6 Å². The molecule has 2 heterocycles. The first-order valence-corrected chi connectivity index (χ1v) is 6.47. The van der Waals surface area contributed by atoms with Crippen LogP contribution in [0.25, 0.3) is 0 Å². The highest BCUT2D eigenvalue weighted by atomic mass is 16.5. The van der Waals surface area contributed by atoms with E-state index in [-0.39, 0.29) is 6.61 Å². The van der Waals surface area contributed by atoms with Crippen LogP contribution in [0.2, 0.25) is 0 Å². The summed E-state index contributed by atoms with van der Waals surface area (Å²) in [5.74, 6) is -1.07. The number of piperazine rings is 1. The van der Waals surface area contributed by atoms with Gasteiger partial charge in [-0.2, -0.15) is 0 Å². The van der Waals surface area contributed by atoms with Crippen LogP contribution in [0.1, 0.15) is 17.3 Å². The van der Waals surface area contributed by atoms with Crippen LogP contribution in [0.4, 0.5) is 5.82 Å². The van der Waals surface area contributed by atoms with Crippen LogP contribution in [-0.4, -0.2) is 54.3 Å². The molecule has 0 aliphatic carbocycles. The van der Waals surface area contributed by atoms with Crippen LogP contribution in [0.3, 0.4) is 0 Å². The van der Waals surface area contributed by atoms with Crippen LogP contribution in [0.15, 0.2) is 18.3 Å². The van der Waals surface area contributed by atoms with Crippen LogP contribution in [0.5, 0.6) is 0 Å². The number of hydrogen-bond donors (Lipinski definition) is 2. The highest BCUT2D eigenvalue weighted by molar-refractivity contribution is 5.95. The minimum absolute atomic E-state index is 0.261. The number of ether oxygens (including phenoxy) is 1. The van der Waals surface area contributed by atoms with Crippen molar-refractivity contribution < 1.29 is 19.4 Å². The highest BCUT2D eigenvalue weighted by Crippen LogP contribution is 2.21. The maximum atomic E-state index is 11.9. The SMILES string of the molecule is CCOC(=O)c1cccnc1N1CCNCC1C(=O)O. The number of esters is 1. The number of carboxylic acids is 1. The van der Waals surface area contributed by atoms with Gasteiger partial charge in [0, 0.05) is 25.8 Å². The Bertz CT molecular complexity index is 506. The van der Waals surface area contributed by atoms with Crippen LogP contribution in [-0.2, 0) is 9.53 Å². The summed E-state index contributed by atoms with van der Waals surface area (Å²) in [5.41, 5.74) is 0.294. The fourth-order valence-electron chi connectivity index (χ4n) is 2.17. The number of anilines is 1. The van der Waals surface area contributed by atoms with Gasteiger partial charge in [-0.3, -0.25) is 0 Å². The summed E-state index contributed by atoms with van der Waals surface area (Å²) in [6, 6.07) is 2.49. The fraction of sp³-hybridized carbons (Fsp3) is 0.462. The maximum absolute atomic E-state index is 11.9. The van der Waals surface area contributed by atoms with Crippen LogP contribution < -0.4 is 10.2 Å². The number of hydrogen-bond acceptors (Lipinski definition) is 6. The van der Waals surface area contributed by atoms with Gasteiger partial charge in [-0.1, -0.05) is 0 Å². The Hall–Kier alpha value is -2.15. The van der Waals surface area contributed by atoms with Gasteiger partial charge < -0.3 is 20.1 Å². The lowest BCUT2D eigenvalue weighted by molar-refractivity contribution is -0.138. The second kappa shape index (κ2) is 6.33. The van der Waals surface area contributed by atoms with Gasteiger partial charge in [-0.05, 0) is 19.1 Å². The Morgan fingerprint density at radius 2 is 2.40 bits per heavy atom. The summed E-state index contributed by atoms with van der Waals surface area (Å²) in [5, 5.41) is 12.3. The Balaban J connectivity index is 2.35. The molecule has 1 aromatic heterocycles. The molecule has 20 heavy (non-hydrogen) atoms. The average Bonchev–Trinajstić information content (AvgIpc) is 2.47. The molecular formula is C13H17N3O4. The smallest absolute Gasteiger partial charge is 0.341 e. The molecule has 0 bridgehead atoms. The molecule has 0 saturated carbocycles. The Kier molecular flexibility index (Phi) is 4.52. The molecule has 1 fully saturated rings. The minimum Gasteiger partial charge on any atom is -0.480 e. The van der Waals surface area contributed by atoms with Crippen molar-refractivity contribution in [3.63, 3.8) is 0 Å². The molecule has 1 atom stereocenters. The molecule has 1 unspecified atom stereocenters. The normalized spacial score (nSPS) is 18.6. The van der Waals surface area contributed by atoms with Gasteiger partial charge in [0.15, 0.2) is 0 Å². The first-order valence-electron chi connectivity index (χ1n) is 6.47. The Morgan fingerprint density at radius 3 is 3.10 bits per heavy atom. The number of carboxylic acid groups (broad SMARTS) is 1. The lowest BCUT2D eigenvalue weighted by Crippen LogP contribution is -2.55. The average molecular weight is 279 g/mol. The summed E-state index contributed by atoms with van der Waals surface area (Å²) in [7, 11) is 0. The molecule has 2 rings (SSSR count). The van der Waals surface area contributed by atoms with Gasteiger partial charge in [0.1, 0.15) is 17.4 Å². The van der Waals surface area contributed by atoms with E-state index < -0.39 is 18.0 Å². The van der Waals surface area contributed by atoms with E-state index in [0.29, 0.717) is 31.0 Å². The van der Waals surface area contributed by atoms with Crippen LogP contribution in [0, 0.1) is 0 Å². The van der Waals surface area contributed by atoms with Crippen molar-refractivity contribution in [3.05, 3.63) is 23.9 Å². The van der Waals surface area contributed by atoms with Gasteiger partial charge in [0.05, 0.1) is 6.61 Å². The standard InChI is InChI=1S/C13H17N3O4/c1-2-20-13(19)9-4-3-5-15-11(9)16-7-6-14-8-10(16)12(17)18/h3-5,10,14H,2,6-8H2,1H3,(H,17,18). The van der Waals surface area contributed by atoms with E-state index in [4.69, 9.17) is 4.74 Å². The van der Waals surface area contributed by atoms with E-state index in [9.17, 15) is 14.7 Å². The summed E-state index contributed by atoms with van der Waals surface area (Å²) in [4.78, 5) is 29.1. The third kappa shape index (κ3) is 2.88. The van der Waals surface area contributed by atoms with Crippen molar-refractivity contribution >= 4 is 17.8 Å². The molecule has 108 valence electrons. The van der Waals surface area contributed by atoms with E-state index in [0.717, 1.165) is 0 Å². The molecule has 0 aromatic carbocycles. The van der Waals surface area contributed by atoms with Gasteiger partial charge in [0.25, 0.3) is 0 Å². The van der Waals surface area contributed by atoms with Crippen molar-refractivity contribution in [2.24, 2.45) is 0 Å². The van der Waals surface area contributed by atoms with Crippen LogP contribution >= 0.6 is 0 Å². The number of nitrogens with zero attached hydrogens (tertiary/aromatic N) is 2. The number of pyridine rings is 1. The first-order chi connectivity index (χ1) is 9.65. The van der Waals surface area contributed by atoms with E-state index in [1.54, 1.807) is 30.2 Å². The predicted octanol–water partition coefficient (Wildman–Crippen LogP) is 0.121. The fourth-order valence-corrected chi connectivity index (χ4v) is 2.17. The van der Waals surface area contributed by atoms with Crippen molar-refractivity contribution in [2.45, 2.75) is 13.0 Å². The molecule has 7 nitrogen and oxygen atoms in total. The molecule has 2 N–H and O–H groups in total. The maximum Gasteiger partial charge on any atom is 0.341 e. The number of rotatable bonds is 4. The number of carbonyl (C=O) groups excluding carboxylic acids is 1. The zero-order valence-corrected chi connectivity index (χ0v) is 11.2. The summed E-state index contributed by atoms with van der Waals surface area (Å²) in [6.45, 7) is 3.41. The molecule has 1 saturated heterocycles. The third-order valence-corrected chi connectivity index (χ3v) is 3.08. The van der Waals surface area contributed by atoms with Crippen molar-refractivity contribution in [1.29, 1.82) is 0 Å². The van der Waals surface area contributed by atoms with Crippen molar-refractivity contribution in [2.75, 3.05) is 31.1 Å². The summed E-state index contributed by atoms with van der Waals surface area (Å²) >= 11 is 0. The largest absolute Gasteiger partial charge is 0.480 e. The minimum atomic E-state index is -0.947. The first kappa shape index (κ1) is 14.3. The molecule has 1 aromatic rings. The zero-order valence-electron chi connectivity index (χ0n) is 11.2. The number of carbonyl (C=O) groups is 2. The summed E-state index contributed by atoms with van der Waals surface area (Å²) in [6.07, 6.45) is 1.54. The topological polar surface area (TPSA) is 91.8 Å². The molecule has 0 spiro atoms. The molecule has 1 aliphatic heterocycles. The number of nitrogens with one attached hydrogen (secondary N) is 1. The van der Waals surface area contributed by atoms with Crippen molar-refractivity contribution in [3.8, 4) is 0 Å². The monoisotopic (exact) mass is 279 g/mol. The second-order valence-corrected chi connectivity index (χ2v) is 4.35. The zero-order chi connectivity index (χ0) is 14.5. The molecule has 0 radical (unpaired) electrons. The number of aromatic nitrogens is 1. The number of aliphatic carboxylic acids is 1. The summed E-state index contributed by atoms with van der Waals surface area (Å²) < 4.78 is 4.99. The van der Waals surface area contributed by atoms with Gasteiger partial charge in [0.2, 0.25) is 0 Å². The predicted molar refractivity (Wildman–Crippen MR) is 71.8 cm³/mol. The second-order valence-electron chi connectivity index (χ2n) is 4.35. The van der Waals surface area contributed by atoms with E-state index in [2.05, 4.69) is 10.3 Å². The van der Waals surface area contributed by atoms with Gasteiger partial charge >= 0.3 is 11.9 Å². The van der Waals surface area contributed by atoms with E-state index >= 15 is 0 Å². The molecular weight excluding hydrogens is 262 g/mol. The van der Waals surface area contributed by atoms with Gasteiger partial charge in [-0.15, -0.1) is 0 Å². The Morgan fingerprint density at radius 1 is 1.60 bits per heavy atom. The molecule has 7 heteroatoms. The lowest BCUT2D eigenvalue weighted by atomic mass is 10.1. The quantitative estimate of drug-likeness (QED) is 0.756. The molecule has 0 amide bonds. The van der Waals surface area contributed by atoms with Crippen molar-refractivity contribution in [1.82, 2.24) is 10.3 Å². The Labute approximate surface area is 116 Å². The lowest BCUT2D eigenvalue weighted by Gasteiger charge is -2.35. The third-order valence-electron chi connectivity index (χ3n) is 3.08.